The van der Waals surface area contributed by atoms with E-state index in [4.69, 9.17) is 10.5 Å². The second-order valence-electron chi connectivity index (χ2n) is 4.14. The molecule has 0 saturated carbocycles. The van der Waals surface area contributed by atoms with E-state index in [2.05, 4.69) is 0 Å². The van der Waals surface area contributed by atoms with Crippen LogP contribution in [0.25, 0.3) is 0 Å². The number of esters is 1. The van der Waals surface area contributed by atoms with E-state index in [0.29, 0.717) is 24.3 Å². The monoisotopic (exact) mass is 239 g/mol. The van der Waals surface area contributed by atoms with Crippen molar-refractivity contribution in [2.24, 2.45) is 0 Å². The van der Waals surface area contributed by atoms with E-state index < -0.39 is 11.2 Å². The molecule has 0 bridgehead atoms. The molecule has 1 aromatic carbocycles. The summed E-state index contributed by atoms with van der Waals surface area (Å²) in [5.41, 5.74) is 5.80. The van der Waals surface area contributed by atoms with Crippen LogP contribution in [0.15, 0.2) is 18.2 Å². The Kier molecular flexibility index (Phi) is 4.10. The number of nitrogens with two attached hydrogens (primary N) is 1. The quantitative estimate of drug-likeness (QED) is 0.649. The minimum Gasteiger partial charge on any atom is -0.465 e. The highest BCUT2D eigenvalue weighted by atomic mass is 19.1. The van der Waals surface area contributed by atoms with Crippen LogP contribution in [0.1, 0.15) is 32.8 Å². The molecular weight excluding hydrogens is 221 g/mol. The van der Waals surface area contributed by atoms with Gasteiger partial charge >= 0.3 is 5.97 Å². The molecule has 17 heavy (non-hydrogen) atoms. The van der Waals surface area contributed by atoms with E-state index in [0.717, 1.165) is 0 Å². The zero-order chi connectivity index (χ0) is 13.1. The molecule has 0 amide bonds. The Morgan fingerprint density at radius 3 is 2.65 bits per heavy atom. The Balaban J connectivity index is 3.24. The molecule has 0 aliphatic carbocycles. The summed E-state index contributed by atoms with van der Waals surface area (Å²) in [6.45, 7) is 5.60. The first-order valence-corrected chi connectivity index (χ1v) is 5.68. The van der Waals surface area contributed by atoms with Gasteiger partial charge in [0.15, 0.2) is 0 Å². The summed E-state index contributed by atoms with van der Waals surface area (Å²) in [6, 6.07) is 4.05. The SMILES string of the molecule is CCOC(=O)C(C)(CC)c1cc(F)ccc1N. The third-order valence-electron chi connectivity index (χ3n) is 3.04. The second kappa shape index (κ2) is 5.17. The highest BCUT2D eigenvalue weighted by Crippen LogP contribution is 2.33. The van der Waals surface area contributed by atoms with E-state index in [1.807, 2.05) is 6.92 Å². The van der Waals surface area contributed by atoms with Gasteiger partial charge in [-0.25, -0.2) is 4.39 Å². The van der Waals surface area contributed by atoms with Gasteiger partial charge in [-0.1, -0.05) is 6.92 Å². The first-order chi connectivity index (χ1) is 7.95. The number of anilines is 1. The predicted molar refractivity (Wildman–Crippen MR) is 65.1 cm³/mol. The number of carbonyl (C=O) groups excluding carboxylic acids is 1. The van der Waals surface area contributed by atoms with Crippen LogP contribution in [0.3, 0.4) is 0 Å². The van der Waals surface area contributed by atoms with Gasteiger partial charge < -0.3 is 10.5 Å². The average molecular weight is 239 g/mol. The number of carbonyl (C=O) groups is 1. The fourth-order valence-electron chi connectivity index (χ4n) is 1.74. The van der Waals surface area contributed by atoms with Crippen LogP contribution in [0.2, 0.25) is 0 Å². The van der Waals surface area contributed by atoms with E-state index in [1.165, 1.54) is 18.2 Å². The first kappa shape index (κ1) is 13.5. The van der Waals surface area contributed by atoms with Gasteiger partial charge in [-0.2, -0.15) is 0 Å². The molecule has 0 radical (unpaired) electrons. The van der Waals surface area contributed by atoms with Gasteiger partial charge in [-0.15, -0.1) is 0 Å². The molecule has 0 fully saturated rings. The van der Waals surface area contributed by atoms with Crippen molar-refractivity contribution in [3.05, 3.63) is 29.6 Å². The van der Waals surface area contributed by atoms with Crippen molar-refractivity contribution in [2.45, 2.75) is 32.6 Å². The van der Waals surface area contributed by atoms with Gasteiger partial charge in [-0.3, -0.25) is 4.79 Å². The maximum absolute atomic E-state index is 13.3. The number of hydrogen-bond acceptors (Lipinski definition) is 3. The molecule has 1 unspecified atom stereocenters. The molecule has 1 aromatic rings. The van der Waals surface area contributed by atoms with Crippen LogP contribution < -0.4 is 5.73 Å². The lowest BCUT2D eigenvalue weighted by Gasteiger charge is -2.27. The Morgan fingerprint density at radius 2 is 2.12 bits per heavy atom. The van der Waals surface area contributed by atoms with Crippen LogP contribution in [0.4, 0.5) is 10.1 Å². The van der Waals surface area contributed by atoms with Crippen molar-refractivity contribution in [2.75, 3.05) is 12.3 Å². The molecule has 4 heteroatoms. The summed E-state index contributed by atoms with van der Waals surface area (Å²) in [7, 11) is 0. The molecule has 1 rings (SSSR count). The fourth-order valence-corrected chi connectivity index (χ4v) is 1.74. The van der Waals surface area contributed by atoms with Gasteiger partial charge in [0.1, 0.15) is 5.82 Å². The predicted octanol–water partition coefficient (Wildman–Crippen LogP) is 2.64. The lowest BCUT2D eigenvalue weighted by atomic mass is 9.79. The Bertz CT molecular complexity index is 420. The number of hydrogen-bond donors (Lipinski definition) is 1. The van der Waals surface area contributed by atoms with Gasteiger partial charge in [0.2, 0.25) is 0 Å². The minimum atomic E-state index is -0.901. The normalized spacial score (nSPS) is 14.1. The Hall–Kier alpha value is -1.58. The van der Waals surface area contributed by atoms with Crippen LogP contribution in [-0.4, -0.2) is 12.6 Å². The van der Waals surface area contributed by atoms with E-state index >= 15 is 0 Å². The smallest absolute Gasteiger partial charge is 0.316 e. The molecule has 0 aliphatic heterocycles. The molecule has 1 atom stereocenters. The van der Waals surface area contributed by atoms with E-state index in [1.54, 1.807) is 13.8 Å². The minimum absolute atomic E-state index is 0.295. The van der Waals surface area contributed by atoms with Gasteiger partial charge in [-0.05, 0) is 44.0 Å². The summed E-state index contributed by atoms with van der Waals surface area (Å²) in [4.78, 5) is 12.0. The van der Waals surface area contributed by atoms with Crippen molar-refractivity contribution < 1.29 is 13.9 Å². The molecule has 0 saturated heterocycles. The van der Waals surface area contributed by atoms with Crippen molar-refractivity contribution in [1.82, 2.24) is 0 Å². The Morgan fingerprint density at radius 1 is 1.47 bits per heavy atom. The van der Waals surface area contributed by atoms with E-state index in [-0.39, 0.29) is 5.97 Å². The number of nitrogen functional groups attached to an aromatic ring is 1. The average Bonchev–Trinajstić information content (AvgIpc) is 2.31. The van der Waals surface area contributed by atoms with Gasteiger partial charge in [0.25, 0.3) is 0 Å². The van der Waals surface area contributed by atoms with Crippen LogP contribution in [-0.2, 0) is 14.9 Å². The standard InChI is InChI=1S/C13H18FNO2/c1-4-13(3,12(16)17-5-2)10-8-9(14)6-7-11(10)15/h6-8H,4-5,15H2,1-3H3. The number of rotatable bonds is 4. The summed E-state index contributed by atoms with van der Waals surface area (Å²) in [5, 5.41) is 0. The molecule has 0 spiro atoms. The zero-order valence-corrected chi connectivity index (χ0v) is 10.4. The molecule has 94 valence electrons. The lowest BCUT2D eigenvalue weighted by Crippen LogP contribution is -2.34. The van der Waals surface area contributed by atoms with Gasteiger partial charge in [0, 0.05) is 5.69 Å². The molecule has 3 nitrogen and oxygen atoms in total. The third-order valence-corrected chi connectivity index (χ3v) is 3.04. The number of benzene rings is 1. The maximum Gasteiger partial charge on any atom is 0.316 e. The van der Waals surface area contributed by atoms with Crippen LogP contribution in [0, 0.1) is 5.82 Å². The maximum atomic E-state index is 13.3. The molecule has 0 heterocycles. The molecule has 0 aromatic heterocycles. The fraction of sp³-hybridized carbons (Fsp3) is 0.462. The summed E-state index contributed by atoms with van der Waals surface area (Å²) >= 11 is 0. The topological polar surface area (TPSA) is 52.3 Å². The summed E-state index contributed by atoms with van der Waals surface area (Å²) < 4.78 is 18.3. The first-order valence-electron chi connectivity index (χ1n) is 5.68. The summed E-state index contributed by atoms with van der Waals surface area (Å²) in [5.74, 6) is -0.780. The van der Waals surface area contributed by atoms with Crippen molar-refractivity contribution in [1.29, 1.82) is 0 Å². The van der Waals surface area contributed by atoms with Crippen molar-refractivity contribution >= 4 is 11.7 Å². The van der Waals surface area contributed by atoms with Crippen LogP contribution in [0.5, 0.6) is 0 Å². The second-order valence-corrected chi connectivity index (χ2v) is 4.14. The highest BCUT2D eigenvalue weighted by Gasteiger charge is 2.36. The third kappa shape index (κ3) is 2.57. The summed E-state index contributed by atoms with van der Waals surface area (Å²) in [6.07, 6.45) is 0.499. The zero-order valence-electron chi connectivity index (χ0n) is 10.4. The number of ether oxygens (including phenoxy) is 1. The van der Waals surface area contributed by atoms with Crippen LogP contribution >= 0.6 is 0 Å². The Labute approximate surface area is 101 Å². The highest BCUT2D eigenvalue weighted by molar-refractivity contribution is 5.84. The molecule has 0 aliphatic rings. The lowest BCUT2D eigenvalue weighted by molar-refractivity contribution is -0.149. The number of halogens is 1. The van der Waals surface area contributed by atoms with Gasteiger partial charge in [0.05, 0.1) is 12.0 Å². The molecule has 2 N–H and O–H groups in total. The largest absolute Gasteiger partial charge is 0.465 e. The van der Waals surface area contributed by atoms with Crippen molar-refractivity contribution in [3.8, 4) is 0 Å². The molecular formula is C13H18FNO2. The van der Waals surface area contributed by atoms with Crippen molar-refractivity contribution in [3.63, 3.8) is 0 Å². The van der Waals surface area contributed by atoms with E-state index in [9.17, 15) is 9.18 Å².